The van der Waals surface area contributed by atoms with Crippen LogP contribution < -0.4 is 0 Å². The van der Waals surface area contributed by atoms with Gasteiger partial charge in [0.25, 0.3) is 0 Å². The smallest absolute Gasteiger partial charge is 0.358 e. The van der Waals surface area contributed by atoms with Crippen molar-refractivity contribution in [3.8, 4) is 0 Å². The summed E-state index contributed by atoms with van der Waals surface area (Å²) in [5.74, 6) is 0.469. The van der Waals surface area contributed by atoms with Crippen molar-refractivity contribution in [2.24, 2.45) is 0 Å². The molecule has 24 heavy (non-hydrogen) atoms. The molecule has 1 unspecified atom stereocenters. The van der Waals surface area contributed by atoms with Gasteiger partial charge in [-0.25, -0.2) is 14.5 Å². The van der Waals surface area contributed by atoms with Crippen molar-refractivity contribution in [3.05, 3.63) is 45.5 Å². The minimum atomic E-state index is -0.490. The van der Waals surface area contributed by atoms with E-state index >= 15 is 0 Å². The first kappa shape index (κ1) is 14.7. The maximum Gasteiger partial charge on any atom is 0.390 e. The van der Waals surface area contributed by atoms with E-state index in [0.29, 0.717) is 12.4 Å². The van der Waals surface area contributed by atoms with E-state index < -0.39 is 4.92 Å². The fraction of sp³-hybridized carbons (Fsp3) is 0.286. The van der Waals surface area contributed by atoms with Crippen molar-refractivity contribution in [2.45, 2.75) is 26.3 Å². The zero-order valence-electron chi connectivity index (χ0n) is 12.9. The van der Waals surface area contributed by atoms with Crippen LogP contribution in [0.5, 0.6) is 0 Å². The van der Waals surface area contributed by atoms with E-state index in [1.165, 1.54) is 6.07 Å². The summed E-state index contributed by atoms with van der Waals surface area (Å²) in [5.41, 5.74) is 1.51. The highest BCUT2D eigenvalue weighted by molar-refractivity contribution is 7.16. The number of fused-ring (bicyclic) bond motifs is 3. The molecule has 4 aromatic rings. The quantitative estimate of drug-likeness (QED) is 0.416. The lowest BCUT2D eigenvalue weighted by Crippen LogP contribution is -2.11. The highest BCUT2D eigenvalue weighted by atomic mass is 32.1. The van der Waals surface area contributed by atoms with Crippen LogP contribution in [0, 0.1) is 17.0 Å². The van der Waals surface area contributed by atoms with Crippen molar-refractivity contribution >= 4 is 33.0 Å². The van der Waals surface area contributed by atoms with Gasteiger partial charge in [-0.3, -0.25) is 0 Å². The number of thiophene rings is 1. The molecule has 10 heteroatoms. The monoisotopic (exact) mass is 343 g/mol. The molecule has 4 aromatic heterocycles. The zero-order chi connectivity index (χ0) is 16.8. The summed E-state index contributed by atoms with van der Waals surface area (Å²) in [5, 5.41) is 22.3. The van der Waals surface area contributed by atoms with Crippen LogP contribution in [0.2, 0.25) is 0 Å². The van der Waals surface area contributed by atoms with E-state index in [2.05, 4.69) is 20.2 Å². The summed E-state index contributed by atoms with van der Waals surface area (Å²) >= 11 is 1.56. The third-order valence-corrected chi connectivity index (χ3v) is 4.68. The van der Waals surface area contributed by atoms with E-state index in [1.807, 2.05) is 18.4 Å². The van der Waals surface area contributed by atoms with E-state index in [0.717, 1.165) is 21.6 Å². The summed E-state index contributed by atoms with van der Waals surface area (Å²) in [6.45, 7) is 4.24. The third kappa shape index (κ3) is 2.31. The molecule has 0 aliphatic carbocycles. The molecule has 0 aliphatic rings. The molecule has 0 bridgehead atoms. The standard InChI is InChI=1S/C14H13N7O2S/c1-8(6-19-9(2)5-11(17-19)21(22)23)12-16-13-10-3-4-24-14(10)15-7-20(13)18-12/h3-5,7-8H,6H2,1-2H3. The molecule has 122 valence electrons. The topological polar surface area (TPSA) is 104 Å². The summed E-state index contributed by atoms with van der Waals surface area (Å²) in [6.07, 6.45) is 1.65. The van der Waals surface area contributed by atoms with Crippen LogP contribution in [0.4, 0.5) is 5.82 Å². The van der Waals surface area contributed by atoms with Crippen molar-refractivity contribution < 1.29 is 4.92 Å². The Balaban J connectivity index is 1.68. The summed E-state index contributed by atoms with van der Waals surface area (Å²) in [6, 6.07) is 3.44. The number of aryl methyl sites for hydroxylation is 1. The van der Waals surface area contributed by atoms with E-state index in [1.54, 1.807) is 33.8 Å². The highest BCUT2D eigenvalue weighted by Gasteiger charge is 2.20. The van der Waals surface area contributed by atoms with Crippen LogP contribution in [0.3, 0.4) is 0 Å². The van der Waals surface area contributed by atoms with Gasteiger partial charge in [-0.1, -0.05) is 6.92 Å². The summed E-state index contributed by atoms with van der Waals surface area (Å²) < 4.78 is 3.28. The maximum atomic E-state index is 10.8. The first-order chi connectivity index (χ1) is 11.5. The third-order valence-electron chi connectivity index (χ3n) is 3.86. The molecule has 0 N–H and O–H groups in total. The predicted octanol–water partition coefficient (Wildman–Crippen LogP) is 2.56. The first-order valence-electron chi connectivity index (χ1n) is 7.30. The molecule has 0 saturated heterocycles. The van der Waals surface area contributed by atoms with Crippen molar-refractivity contribution in [2.75, 3.05) is 0 Å². The van der Waals surface area contributed by atoms with Crippen LogP contribution in [0.25, 0.3) is 15.9 Å². The lowest BCUT2D eigenvalue weighted by Gasteiger charge is -2.05. The molecule has 0 spiro atoms. The molecule has 1 atom stereocenters. The molecular weight excluding hydrogens is 330 g/mol. The van der Waals surface area contributed by atoms with Crippen molar-refractivity contribution in [1.82, 2.24) is 29.4 Å². The molecule has 0 saturated carbocycles. The Labute approximate surface area is 139 Å². The van der Waals surface area contributed by atoms with Gasteiger partial charge in [0.15, 0.2) is 11.5 Å². The lowest BCUT2D eigenvalue weighted by atomic mass is 10.1. The fourth-order valence-corrected chi connectivity index (χ4v) is 3.33. The summed E-state index contributed by atoms with van der Waals surface area (Å²) in [4.78, 5) is 20.2. The number of aromatic nitrogens is 6. The van der Waals surface area contributed by atoms with Gasteiger partial charge >= 0.3 is 5.82 Å². The van der Waals surface area contributed by atoms with Crippen LogP contribution in [-0.4, -0.2) is 34.3 Å². The number of rotatable bonds is 4. The van der Waals surface area contributed by atoms with Crippen molar-refractivity contribution in [3.63, 3.8) is 0 Å². The lowest BCUT2D eigenvalue weighted by molar-refractivity contribution is -0.389. The van der Waals surface area contributed by atoms with E-state index in [9.17, 15) is 10.1 Å². The molecule has 4 heterocycles. The second-order valence-corrected chi connectivity index (χ2v) is 6.50. The van der Waals surface area contributed by atoms with Gasteiger partial charge in [0.2, 0.25) is 0 Å². The molecule has 9 nitrogen and oxygen atoms in total. The second kappa shape index (κ2) is 5.34. The molecule has 0 aliphatic heterocycles. The number of hydrogen-bond donors (Lipinski definition) is 0. The molecule has 0 fully saturated rings. The minimum Gasteiger partial charge on any atom is -0.358 e. The Bertz CT molecular complexity index is 1060. The van der Waals surface area contributed by atoms with Gasteiger partial charge in [-0.05, 0) is 23.3 Å². The largest absolute Gasteiger partial charge is 0.390 e. The van der Waals surface area contributed by atoms with E-state index in [-0.39, 0.29) is 11.7 Å². The number of nitro groups is 1. The Morgan fingerprint density at radius 1 is 1.42 bits per heavy atom. The number of nitrogens with zero attached hydrogens (tertiary/aromatic N) is 7. The minimum absolute atomic E-state index is 0.0446. The molecule has 0 aromatic carbocycles. The molecular formula is C14H13N7O2S. The highest BCUT2D eigenvalue weighted by Crippen LogP contribution is 2.24. The predicted molar refractivity (Wildman–Crippen MR) is 88.2 cm³/mol. The zero-order valence-corrected chi connectivity index (χ0v) is 13.8. The average Bonchev–Trinajstić information content (AvgIpc) is 3.24. The van der Waals surface area contributed by atoms with Crippen LogP contribution in [0.1, 0.15) is 24.4 Å². The molecule has 0 radical (unpaired) electrons. The van der Waals surface area contributed by atoms with Crippen LogP contribution in [0.15, 0.2) is 23.8 Å². The molecule has 0 amide bonds. The van der Waals surface area contributed by atoms with Gasteiger partial charge in [0.05, 0.1) is 28.8 Å². The van der Waals surface area contributed by atoms with Gasteiger partial charge in [-0.15, -0.1) is 16.4 Å². The number of hydrogen-bond acceptors (Lipinski definition) is 7. The molecule has 4 rings (SSSR count). The maximum absolute atomic E-state index is 10.8. The van der Waals surface area contributed by atoms with Crippen molar-refractivity contribution in [1.29, 1.82) is 0 Å². The van der Waals surface area contributed by atoms with E-state index in [4.69, 9.17) is 0 Å². The van der Waals surface area contributed by atoms with Gasteiger partial charge in [-0.2, -0.15) is 4.68 Å². The van der Waals surface area contributed by atoms with Gasteiger partial charge in [0.1, 0.15) is 11.2 Å². The Kier molecular flexibility index (Phi) is 3.27. The Hall–Kier alpha value is -2.88. The van der Waals surface area contributed by atoms with Gasteiger partial charge < -0.3 is 10.1 Å². The van der Waals surface area contributed by atoms with Crippen LogP contribution in [-0.2, 0) is 6.54 Å². The first-order valence-corrected chi connectivity index (χ1v) is 8.18. The fourth-order valence-electron chi connectivity index (χ4n) is 2.60. The van der Waals surface area contributed by atoms with Crippen LogP contribution >= 0.6 is 11.3 Å². The average molecular weight is 343 g/mol. The second-order valence-electron chi connectivity index (χ2n) is 5.61. The summed E-state index contributed by atoms with van der Waals surface area (Å²) in [7, 11) is 0. The Morgan fingerprint density at radius 3 is 3.00 bits per heavy atom. The SMILES string of the molecule is Cc1cc([N+](=O)[O-])nn1CC(C)c1nc2c3ccsc3ncn2n1. The van der Waals surface area contributed by atoms with Gasteiger partial charge in [0, 0.05) is 5.92 Å². The normalized spacial score (nSPS) is 12.9. The Morgan fingerprint density at radius 2 is 2.25 bits per heavy atom.